The van der Waals surface area contributed by atoms with Gasteiger partial charge >= 0.3 is 0 Å². The first-order chi connectivity index (χ1) is 14.4. The molecule has 0 fully saturated rings. The summed E-state index contributed by atoms with van der Waals surface area (Å²) in [4.78, 5) is 6.46. The van der Waals surface area contributed by atoms with E-state index in [1.165, 1.54) is 0 Å². The first kappa shape index (κ1) is 21.2. The van der Waals surface area contributed by atoms with E-state index < -0.39 is 0 Å². The Labute approximate surface area is 176 Å². The van der Waals surface area contributed by atoms with Crippen LogP contribution in [0, 0.1) is 18.3 Å². The highest BCUT2D eigenvalue weighted by molar-refractivity contribution is 5.83. The number of aliphatic hydroxyl groups is 1. The maximum atomic E-state index is 10.7. The molecule has 0 bridgehead atoms. The maximum absolute atomic E-state index is 10.7. The second-order valence-electron chi connectivity index (χ2n) is 7.22. The summed E-state index contributed by atoms with van der Waals surface area (Å²) < 4.78 is 12.6. The van der Waals surface area contributed by atoms with E-state index in [0.29, 0.717) is 23.9 Å². The number of likely N-dealkylation sites (N-methyl/N-ethyl adjacent to an activating group) is 1. The third kappa shape index (κ3) is 4.09. The third-order valence-electron chi connectivity index (χ3n) is 5.11. The van der Waals surface area contributed by atoms with Gasteiger partial charge in [0.15, 0.2) is 17.3 Å². The fourth-order valence-electron chi connectivity index (χ4n) is 3.49. The van der Waals surface area contributed by atoms with E-state index in [2.05, 4.69) is 11.1 Å². The van der Waals surface area contributed by atoms with E-state index in [4.69, 9.17) is 9.47 Å². The van der Waals surface area contributed by atoms with E-state index in [9.17, 15) is 10.4 Å². The number of fused-ring (bicyclic) bond motifs is 1. The van der Waals surface area contributed by atoms with Crippen LogP contribution in [0.2, 0.25) is 0 Å². The van der Waals surface area contributed by atoms with Gasteiger partial charge in [-0.1, -0.05) is 12.1 Å². The van der Waals surface area contributed by atoms with Crippen LogP contribution in [0.15, 0.2) is 42.2 Å². The molecule has 7 heteroatoms. The molecule has 3 aromatic rings. The molecule has 0 saturated heterocycles. The van der Waals surface area contributed by atoms with Crippen molar-refractivity contribution >= 4 is 16.6 Å². The normalized spacial score (nSPS) is 12.0. The van der Waals surface area contributed by atoms with Gasteiger partial charge in [0.05, 0.1) is 31.8 Å². The van der Waals surface area contributed by atoms with Gasteiger partial charge in [0, 0.05) is 13.6 Å². The molecule has 0 amide bonds. The summed E-state index contributed by atoms with van der Waals surface area (Å²) in [5.74, 6) is 1.77. The monoisotopic (exact) mass is 406 g/mol. The van der Waals surface area contributed by atoms with Crippen molar-refractivity contribution in [3.05, 3.63) is 59.1 Å². The molecule has 1 N–H and O–H groups in total. The molecule has 0 unspecified atom stereocenters. The van der Waals surface area contributed by atoms with E-state index in [-0.39, 0.29) is 17.9 Å². The summed E-state index contributed by atoms with van der Waals surface area (Å²) in [6.07, 6.45) is 0. The molecular weight excluding hydrogens is 380 g/mol. The minimum atomic E-state index is -0.0171. The smallest absolute Gasteiger partial charge is 0.161 e. The van der Waals surface area contributed by atoms with Crippen LogP contribution in [0.3, 0.4) is 0 Å². The van der Waals surface area contributed by atoms with Gasteiger partial charge in [-0.05, 0) is 49.4 Å². The Bertz CT molecular complexity index is 1140. The van der Waals surface area contributed by atoms with Crippen LogP contribution >= 0.6 is 0 Å². The molecule has 0 saturated carbocycles. The maximum Gasteiger partial charge on any atom is 0.161 e. The van der Waals surface area contributed by atoms with Gasteiger partial charge in [0.2, 0.25) is 0 Å². The van der Waals surface area contributed by atoms with Crippen LogP contribution in [-0.2, 0) is 13.6 Å². The summed E-state index contributed by atoms with van der Waals surface area (Å²) in [6, 6.07) is 13.6. The van der Waals surface area contributed by atoms with Crippen molar-refractivity contribution in [1.29, 1.82) is 5.26 Å². The van der Waals surface area contributed by atoms with Gasteiger partial charge < -0.3 is 19.1 Å². The average molecular weight is 406 g/mol. The summed E-state index contributed by atoms with van der Waals surface area (Å²) in [6.45, 7) is 2.78. The molecule has 0 aliphatic heterocycles. The molecule has 30 heavy (non-hydrogen) atoms. The highest BCUT2D eigenvalue weighted by Gasteiger charge is 2.18. The molecule has 156 valence electrons. The second kappa shape index (κ2) is 8.89. The highest BCUT2D eigenvalue weighted by Crippen LogP contribution is 2.31. The number of hydrogen-bond donors (Lipinski definition) is 1. The van der Waals surface area contributed by atoms with Crippen LogP contribution in [0.1, 0.15) is 17.0 Å². The number of hydrogen-bond acceptors (Lipinski definition) is 6. The number of ether oxygens (including phenoxy) is 2. The van der Waals surface area contributed by atoms with Crippen molar-refractivity contribution in [2.75, 3.05) is 27.8 Å². The summed E-state index contributed by atoms with van der Waals surface area (Å²) in [5, 5.41) is 20.4. The Morgan fingerprint density at radius 2 is 1.87 bits per heavy atom. The van der Waals surface area contributed by atoms with Gasteiger partial charge in [-0.25, -0.2) is 4.98 Å². The number of rotatable bonds is 7. The zero-order chi connectivity index (χ0) is 21.8. The zero-order valence-electron chi connectivity index (χ0n) is 17.9. The number of aromatic nitrogens is 2. The summed E-state index contributed by atoms with van der Waals surface area (Å²) in [5.41, 5.74) is 3.96. The van der Waals surface area contributed by atoms with E-state index in [0.717, 1.165) is 22.2 Å². The van der Waals surface area contributed by atoms with Crippen molar-refractivity contribution in [3.63, 3.8) is 0 Å². The van der Waals surface area contributed by atoms with Crippen molar-refractivity contribution < 1.29 is 14.6 Å². The molecule has 7 nitrogen and oxygen atoms in total. The average Bonchev–Trinajstić information content (AvgIpc) is 3.06. The van der Waals surface area contributed by atoms with Gasteiger partial charge in [0.1, 0.15) is 17.4 Å². The Balaban J connectivity index is 1.86. The minimum Gasteiger partial charge on any atom is -0.509 e. The molecule has 0 spiro atoms. The number of nitrogens with zero attached hydrogens (tertiary/aromatic N) is 4. The van der Waals surface area contributed by atoms with Gasteiger partial charge in [-0.15, -0.1) is 0 Å². The number of benzene rings is 2. The van der Waals surface area contributed by atoms with Crippen molar-refractivity contribution in [2.24, 2.45) is 7.05 Å². The lowest BCUT2D eigenvalue weighted by atomic mass is 10.1. The Morgan fingerprint density at radius 1 is 1.20 bits per heavy atom. The first-order valence-corrected chi connectivity index (χ1v) is 9.53. The zero-order valence-corrected chi connectivity index (χ0v) is 17.9. The number of nitriles is 1. The van der Waals surface area contributed by atoms with Crippen LogP contribution in [0.25, 0.3) is 16.6 Å². The highest BCUT2D eigenvalue weighted by atomic mass is 16.5. The molecule has 1 aromatic heterocycles. The quantitative estimate of drug-likeness (QED) is 0.474. The Kier molecular flexibility index (Phi) is 6.28. The van der Waals surface area contributed by atoms with Gasteiger partial charge in [-0.3, -0.25) is 4.90 Å². The lowest BCUT2D eigenvalue weighted by Gasteiger charge is -2.19. The molecule has 0 aliphatic carbocycles. The lowest BCUT2D eigenvalue weighted by Crippen LogP contribution is -2.22. The van der Waals surface area contributed by atoms with Gasteiger partial charge in [0.25, 0.3) is 0 Å². The van der Waals surface area contributed by atoms with Crippen LogP contribution in [-0.4, -0.2) is 47.4 Å². The Morgan fingerprint density at radius 3 is 2.50 bits per heavy atom. The largest absolute Gasteiger partial charge is 0.509 e. The van der Waals surface area contributed by atoms with E-state index in [1.54, 1.807) is 14.2 Å². The second-order valence-corrected chi connectivity index (χ2v) is 7.22. The molecule has 3 rings (SSSR count). The van der Waals surface area contributed by atoms with Crippen LogP contribution in [0.4, 0.5) is 0 Å². The van der Waals surface area contributed by atoms with E-state index in [1.807, 2.05) is 66.9 Å². The van der Waals surface area contributed by atoms with Gasteiger partial charge in [-0.2, -0.15) is 5.26 Å². The van der Waals surface area contributed by atoms with E-state index >= 15 is 0 Å². The SMILES string of the molecule is COc1cc(C)c(CN(C)C/C(O)=C(\C#N)c2nc3ccccc3n2C)cc1OC. The third-order valence-corrected chi connectivity index (χ3v) is 5.11. The molecule has 0 radical (unpaired) electrons. The fourth-order valence-corrected chi connectivity index (χ4v) is 3.49. The van der Waals surface area contributed by atoms with Crippen molar-refractivity contribution in [1.82, 2.24) is 14.5 Å². The fraction of sp³-hybridized carbons (Fsp3) is 0.304. The van der Waals surface area contributed by atoms with Crippen molar-refractivity contribution in [3.8, 4) is 17.6 Å². The number of methoxy groups -OCH3 is 2. The number of imidazole rings is 1. The number of para-hydroxylation sites is 2. The first-order valence-electron chi connectivity index (χ1n) is 9.53. The minimum absolute atomic E-state index is 0.0171. The molecule has 0 aliphatic rings. The number of allylic oxidation sites excluding steroid dienone is 1. The van der Waals surface area contributed by atoms with Crippen molar-refractivity contribution in [2.45, 2.75) is 13.5 Å². The predicted molar refractivity (Wildman–Crippen MR) is 116 cm³/mol. The number of aryl methyl sites for hydroxylation is 2. The predicted octanol–water partition coefficient (Wildman–Crippen LogP) is 3.82. The topological polar surface area (TPSA) is 83.5 Å². The van der Waals surface area contributed by atoms with Crippen LogP contribution < -0.4 is 9.47 Å². The standard InChI is InChI=1S/C23H26N4O3/c1-15-10-21(29-4)22(30-5)11-16(15)13-26(2)14-20(28)17(12-24)23-25-18-8-6-7-9-19(18)27(23)3/h6-11,28H,13-14H2,1-5H3/b20-17-. The molecule has 0 atom stereocenters. The summed E-state index contributed by atoms with van der Waals surface area (Å²) >= 11 is 0. The lowest BCUT2D eigenvalue weighted by molar-refractivity contribution is 0.284. The number of aliphatic hydroxyl groups excluding tert-OH is 1. The summed E-state index contributed by atoms with van der Waals surface area (Å²) in [7, 11) is 6.93. The molecule has 2 aromatic carbocycles. The Hall–Kier alpha value is -3.50. The molecule has 1 heterocycles. The van der Waals surface area contributed by atoms with Crippen LogP contribution in [0.5, 0.6) is 11.5 Å². The molecular formula is C23H26N4O3.